The zero-order valence-corrected chi connectivity index (χ0v) is 12.6. The average Bonchev–Trinajstić information content (AvgIpc) is 2.68. The maximum atomic E-state index is 6.02. The van der Waals surface area contributed by atoms with E-state index in [1.807, 2.05) is 7.11 Å². The smallest absolute Gasteiger partial charge is 0.0608 e. The minimum Gasteiger partial charge on any atom is -0.384 e. The Labute approximate surface area is 112 Å². The molecule has 18 heavy (non-hydrogen) atoms. The zero-order chi connectivity index (χ0) is 13.2. The molecule has 0 aromatic rings. The summed E-state index contributed by atoms with van der Waals surface area (Å²) in [6.07, 6.45) is 7.26. The lowest BCUT2D eigenvalue weighted by atomic mass is 9.62. The Kier molecular flexibility index (Phi) is 4.71. The van der Waals surface area contributed by atoms with Crippen LogP contribution in [0.25, 0.3) is 0 Å². The van der Waals surface area contributed by atoms with E-state index in [2.05, 4.69) is 20.8 Å². The molecular weight excluding hydrogens is 224 g/mol. The third-order valence-electron chi connectivity index (χ3n) is 5.63. The third kappa shape index (κ3) is 2.46. The van der Waals surface area contributed by atoms with Gasteiger partial charge in [0.1, 0.15) is 0 Å². The molecule has 2 aliphatic carbocycles. The summed E-state index contributed by atoms with van der Waals surface area (Å²) >= 11 is 0. The van der Waals surface area contributed by atoms with E-state index < -0.39 is 0 Å². The standard InChI is InChI=1S/C16H30O2/c1-5-18-15-7-6-10-16(3)13(8-9-14(15)16)12(2)11-17-4/h12-15H,5-11H2,1-4H3. The molecule has 0 aromatic heterocycles. The molecule has 5 unspecified atom stereocenters. The first kappa shape index (κ1) is 14.3. The maximum Gasteiger partial charge on any atom is 0.0608 e. The summed E-state index contributed by atoms with van der Waals surface area (Å²) in [5.41, 5.74) is 0.496. The highest BCUT2D eigenvalue weighted by atomic mass is 16.5. The van der Waals surface area contributed by atoms with Gasteiger partial charge in [-0.1, -0.05) is 20.3 Å². The molecule has 2 saturated carbocycles. The lowest BCUT2D eigenvalue weighted by Crippen LogP contribution is -2.43. The van der Waals surface area contributed by atoms with Crippen molar-refractivity contribution in [1.82, 2.24) is 0 Å². The molecule has 0 amide bonds. The van der Waals surface area contributed by atoms with Crippen LogP contribution in [0, 0.1) is 23.2 Å². The molecule has 2 nitrogen and oxygen atoms in total. The largest absolute Gasteiger partial charge is 0.384 e. The molecule has 0 aromatic carbocycles. The Morgan fingerprint density at radius 1 is 1.28 bits per heavy atom. The van der Waals surface area contributed by atoms with Crippen molar-refractivity contribution >= 4 is 0 Å². The molecule has 0 saturated heterocycles. The van der Waals surface area contributed by atoms with Crippen LogP contribution >= 0.6 is 0 Å². The highest BCUT2D eigenvalue weighted by Gasteiger charge is 2.52. The van der Waals surface area contributed by atoms with Gasteiger partial charge in [0.2, 0.25) is 0 Å². The number of methoxy groups -OCH3 is 1. The van der Waals surface area contributed by atoms with Crippen LogP contribution in [0.3, 0.4) is 0 Å². The highest BCUT2D eigenvalue weighted by molar-refractivity contribution is 5.02. The van der Waals surface area contributed by atoms with Crippen LogP contribution in [0.5, 0.6) is 0 Å². The molecule has 0 aliphatic heterocycles. The predicted octanol–water partition coefficient (Wildman–Crippen LogP) is 3.89. The van der Waals surface area contributed by atoms with Crippen LogP contribution in [-0.4, -0.2) is 26.4 Å². The van der Waals surface area contributed by atoms with Gasteiger partial charge in [-0.05, 0) is 55.8 Å². The van der Waals surface area contributed by atoms with E-state index in [1.54, 1.807) is 0 Å². The van der Waals surface area contributed by atoms with Gasteiger partial charge < -0.3 is 9.47 Å². The summed E-state index contributed by atoms with van der Waals surface area (Å²) in [6, 6.07) is 0. The minimum atomic E-state index is 0.496. The Morgan fingerprint density at radius 2 is 2.06 bits per heavy atom. The quantitative estimate of drug-likeness (QED) is 0.741. The van der Waals surface area contributed by atoms with Gasteiger partial charge in [-0.3, -0.25) is 0 Å². The summed E-state index contributed by atoms with van der Waals surface area (Å²) in [6.45, 7) is 8.80. The molecule has 2 heteroatoms. The minimum absolute atomic E-state index is 0.496. The topological polar surface area (TPSA) is 18.5 Å². The number of hydrogen-bond acceptors (Lipinski definition) is 2. The molecular formula is C16H30O2. The van der Waals surface area contributed by atoms with Gasteiger partial charge in [0.15, 0.2) is 0 Å². The van der Waals surface area contributed by atoms with Crippen molar-refractivity contribution in [2.45, 2.75) is 59.0 Å². The van der Waals surface area contributed by atoms with Crippen LogP contribution in [0.15, 0.2) is 0 Å². The van der Waals surface area contributed by atoms with Gasteiger partial charge in [-0.15, -0.1) is 0 Å². The fraction of sp³-hybridized carbons (Fsp3) is 1.00. The second kappa shape index (κ2) is 5.92. The zero-order valence-electron chi connectivity index (χ0n) is 12.6. The molecule has 0 N–H and O–H groups in total. The third-order valence-corrected chi connectivity index (χ3v) is 5.63. The number of hydrogen-bond donors (Lipinski definition) is 0. The summed E-state index contributed by atoms with van der Waals surface area (Å²) in [5, 5.41) is 0. The molecule has 2 rings (SSSR count). The second-order valence-electron chi connectivity index (χ2n) is 6.61. The molecule has 0 radical (unpaired) electrons. The predicted molar refractivity (Wildman–Crippen MR) is 74.6 cm³/mol. The fourth-order valence-electron chi connectivity index (χ4n) is 4.89. The molecule has 0 spiro atoms. The van der Waals surface area contributed by atoms with Gasteiger partial charge >= 0.3 is 0 Å². The van der Waals surface area contributed by atoms with Crippen LogP contribution in [0.4, 0.5) is 0 Å². The Balaban J connectivity index is 2.09. The van der Waals surface area contributed by atoms with Crippen molar-refractivity contribution in [3.8, 4) is 0 Å². The van der Waals surface area contributed by atoms with Crippen LogP contribution in [0.2, 0.25) is 0 Å². The fourth-order valence-corrected chi connectivity index (χ4v) is 4.89. The van der Waals surface area contributed by atoms with Crippen LogP contribution in [-0.2, 0) is 9.47 Å². The van der Waals surface area contributed by atoms with Gasteiger partial charge in [0.05, 0.1) is 6.10 Å². The van der Waals surface area contributed by atoms with Gasteiger partial charge in [-0.25, -0.2) is 0 Å². The lowest BCUT2D eigenvalue weighted by molar-refractivity contribution is -0.0691. The molecule has 0 bridgehead atoms. The number of rotatable bonds is 5. The first-order valence-corrected chi connectivity index (χ1v) is 7.74. The normalized spacial score (nSPS) is 41.7. The first-order valence-electron chi connectivity index (χ1n) is 7.74. The second-order valence-corrected chi connectivity index (χ2v) is 6.61. The summed E-state index contributed by atoms with van der Waals surface area (Å²) in [7, 11) is 1.83. The van der Waals surface area contributed by atoms with E-state index in [-0.39, 0.29) is 0 Å². The maximum absolute atomic E-state index is 6.02. The van der Waals surface area contributed by atoms with E-state index >= 15 is 0 Å². The number of ether oxygens (including phenoxy) is 2. The summed E-state index contributed by atoms with van der Waals surface area (Å²) in [4.78, 5) is 0. The van der Waals surface area contributed by atoms with Crippen molar-refractivity contribution in [2.24, 2.45) is 23.2 Å². The van der Waals surface area contributed by atoms with Crippen LogP contribution < -0.4 is 0 Å². The van der Waals surface area contributed by atoms with E-state index in [4.69, 9.17) is 9.47 Å². The highest BCUT2D eigenvalue weighted by Crippen LogP contribution is 2.58. The van der Waals surface area contributed by atoms with E-state index in [1.165, 1.54) is 32.1 Å². The molecule has 2 fully saturated rings. The van der Waals surface area contributed by atoms with Gasteiger partial charge in [0.25, 0.3) is 0 Å². The monoisotopic (exact) mass is 254 g/mol. The molecule has 106 valence electrons. The van der Waals surface area contributed by atoms with Crippen molar-refractivity contribution in [2.75, 3.05) is 20.3 Å². The summed E-state index contributed by atoms with van der Waals surface area (Å²) < 4.78 is 11.4. The van der Waals surface area contributed by atoms with Crippen molar-refractivity contribution in [3.05, 3.63) is 0 Å². The van der Waals surface area contributed by atoms with E-state index in [0.717, 1.165) is 25.0 Å². The van der Waals surface area contributed by atoms with Gasteiger partial charge in [-0.2, -0.15) is 0 Å². The Morgan fingerprint density at radius 3 is 2.72 bits per heavy atom. The van der Waals surface area contributed by atoms with E-state index in [0.29, 0.717) is 17.4 Å². The van der Waals surface area contributed by atoms with E-state index in [9.17, 15) is 0 Å². The Bertz CT molecular complexity index is 256. The van der Waals surface area contributed by atoms with Crippen molar-refractivity contribution in [3.63, 3.8) is 0 Å². The lowest BCUT2D eigenvalue weighted by Gasteiger charge is -2.46. The molecule has 0 heterocycles. The Hall–Kier alpha value is -0.0800. The average molecular weight is 254 g/mol. The van der Waals surface area contributed by atoms with Crippen molar-refractivity contribution < 1.29 is 9.47 Å². The molecule has 2 aliphatic rings. The first-order chi connectivity index (χ1) is 8.63. The SMILES string of the molecule is CCOC1CCCC2(C)C(C(C)COC)CCC12. The van der Waals surface area contributed by atoms with Crippen LogP contribution in [0.1, 0.15) is 52.9 Å². The van der Waals surface area contributed by atoms with Gasteiger partial charge in [0, 0.05) is 20.3 Å². The summed E-state index contributed by atoms with van der Waals surface area (Å²) in [5.74, 6) is 2.30. The van der Waals surface area contributed by atoms with Crippen molar-refractivity contribution in [1.29, 1.82) is 0 Å². The number of fused-ring (bicyclic) bond motifs is 1. The molecule has 5 atom stereocenters.